The van der Waals surface area contributed by atoms with E-state index in [0.717, 1.165) is 23.8 Å². The summed E-state index contributed by atoms with van der Waals surface area (Å²) in [5.74, 6) is 1.31. The van der Waals surface area contributed by atoms with E-state index in [2.05, 4.69) is 9.97 Å². The monoisotopic (exact) mass is 605 g/mol. The lowest BCUT2D eigenvalue weighted by Gasteiger charge is -2.29. The molecule has 4 aromatic rings. The molecular weight excluding hydrogens is 570 g/mol. The number of hydrogen-bond acceptors (Lipinski definition) is 8. The van der Waals surface area contributed by atoms with Crippen LogP contribution in [0.25, 0.3) is 22.6 Å². The number of ether oxygens (including phenoxy) is 2. The van der Waals surface area contributed by atoms with Crippen molar-refractivity contribution in [2.45, 2.75) is 50.2 Å². The number of carbonyl (C=O) groups is 2. The minimum atomic E-state index is -3.37. The molecule has 2 amide bonds. The van der Waals surface area contributed by atoms with Gasteiger partial charge in [-0.05, 0) is 76.1 Å². The smallest absolute Gasteiger partial charge is 0.410 e. The van der Waals surface area contributed by atoms with Crippen LogP contribution in [0.15, 0.2) is 65.7 Å². The Bertz CT molecular complexity index is 1750. The van der Waals surface area contributed by atoms with Crippen LogP contribution < -0.4 is 4.74 Å². The Kier molecular flexibility index (Phi) is 8.15. The second-order valence-electron chi connectivity index (χ2n) is 11.6. The van der Waals surface area contributed by atoms with E-state index >= 15 is 0 Å². The Balaban J connectivity index is 1.49. The summed E-state index contributed by atoms with van der Waals surface area (Å²) in [6.45, 7) is 5.72. The molecule has 1 unspecified atom stereocenters. The quantitative estimate of drug-likeness (QED) is 0.298. The number of imidazole rings is 1. The molecule has 226 valence electrons. The highest BCUT2D eigenvalue weighted by molar-refractivity contribution is 7.90. The van der Waals surface area contributed by atoms with Crippen molar-refractivity contribution < 1.29 is 27.5 Å². The number of sulfone groups is 1. The molecule has 0 saturated carbocycles. The van der Waals surface area contributed by atoms with Crippen molar-refractivity contribution in [3.8, 4) is 23.0 Å². The topological polar surface area (TPSA) is 135 Å². The maximum Gasteiger partial charge on any atom is 0.410 e. The number of H-pyrrole nitrogens is 1. The molecule has 1 aliphatic rings. The van der Waals surface area contributed by atoms with E-state index in [1.54, 1.807) is 51.0 Å². The molecule has 1 N–H and O–H groups in total. The Hall–Kier alpha value is -4.45. The van der Waals surface area contributed by atoms with Crippen molar-refractivity contribution in [2.24, 2.45) is 0 Å². The summed E-state index contributed by atoms with van der Waals surface area (Å²) >= 11 is 0. The van der Waals surface area contributed by atoms with Gasteiger partial charge in [0.15, 0.2) is 15.7 Å². The van der Waals surface area contributed by atoms with E-state index in [4.69, 9.17) is 14.5 Å². The van der Waals surface area contributed by atoms with Gasteiger partial charge in [-0.1, -0.05) is 6.07 Å². The number of aromatic amines is 1. The first-order valence-corrected chi connectivity index (χ1v) is 15.8. The molecule has 11 nitrogen and oxygen atoms in total. The molecule has 1 atom stereocenters. The van der Waals surface area contributed by atoms with Gasteiger partial charge in [-0.3, -0.25) is 9.78 Å². The number of pyridine rings is 1. The minimum absolute atomic E-state index is 0.134. The lowest BCUT2D eigenvalue weighted by Crippen LogP contribution is -2.42. The average Bonchev–Trinajstić information content (AvgIpc) is 3.59. The average molecular weight is 606 g/mol. The van der Waals surface area contributed by atoms with Gasteiger partial charge in [-0.2, -0.15) is 0 Å². The van der Waals surface area contributed by atoms with Crippen LogP contribution in [0.4, 0.5) is 4.79 Å². The molecule has 12 heteroatoms. The zero-order chi connectivity index (χ0) is 30.9. The second-order valence-corrected chi connectivity index (χ2v) is 13.7. The number of carbonyl (C=O) groups excluding carboxylic acids is 2. The Labute approximate surface area is 250 Å². The van der Waals surface area contributed by atoms with Crippen LogP contribution in [0.5, 0.6) is 11.5 Å². The Morgan fingerprint density at radius 3 is 2.51 bits per heavy atom. The number of benzene rings is 2. The molecule has 1 aliphatic heterocycles. The van der Waals surface area contributed by atoms with Gasteiger partial charge in [-0.25, -0.2) is 18.2 Å². The molecule has 1 saturated heterocycles. The first-order valence-electron chi connectivity index (χ1n) is 13.9. The van der Waals surface area contributed by atoms with Crippen LogP contribution in [0.2, 0.25) is 0 Å². The molecule has 0 bridgehead atoms. The van der Waals surface area contributed by atoms with Gasteiger partial charge >= 0.3 is 6.09 Å². The van der Waals surface area contributed by atoms with Gasteiger partial charge in [0.05, 0.1) is 22.0 Å². The van der Waals surface area contributed by atoms with Crippen molar-refractivity contribution in [1.82, 2.24) is 24.8 Å². The maximum absolute atomic E-state index is 13.5. The summed E-state index contributed by atoms with van der Waals surface area (Å²) in [6, 6.07) is 15.2. The van der Waals surface area contributed by atoms with Crippen molar-refractivity contribution >= 4 is 32.9 Å². The SMILES string of the molecule is CN(CC(=O)N1CCCC1c1cc2[nH]c(-c3ccccn3)nc2cc1Oc1ccc(S(C)(=O)=O)cc1)C(=O)OC(C)(C)C. The third-order valence-electron chi connectivity index (χ3n) is 7.01. The van der Waals surface area contributed by atoms with E-state index < -0.39 is 21.5 Å². The largest absolute Gasteiger partial charge is 0.457 e. The summed E-state index contributed by atoms with van der Waals surface area (Å²) in [6.07, 6.45) is 3.74. The summed E-state index contributed by atoms with van der Waals surface area (Å²) < 4.78 is 35.7. The number of nitrogens with zero attached hydrogens (tertiary/aromatic N) is 4. The number of amides is 2. The van der Waals surface area contributed by atoms with E-state index in [0.29, 0.717) is 41.5 Å². The maximum atomic E-state index is 13.5. The van der Waals surface area contributed by atoms with Crippen molar-refractivity contribution in [3.05, 3.63) is 66.4 Å². The van der Waals surface area contributed by atoms with Crippen LogP contribution in [0.3, 0.4) is 0 Å². The predicted molar refractivity (Wildman–Crippen MR) is 162 cm³/mol. The molecule has 5 rings (SSSR count). The minimum Gasteiger partial charge on any atom is -0.457 e. The lowest BCUT2D eigenvalue weighted by atomic mass is 10.0. The third-order valence-corrected chi connectivity index (χ3v) is 8.14. The highest BCUT2D eigenvalue weighted by atomic mass is 32.2. The molecule has 2 aromatic carbocycles. The van der Waals surface area contributed by atoms with Crippen LogP contribution >= 0.6 is 0 Å². The number of rotatable bonds is 7. The van der Waals surface area contributed by atoms with E-state index in [-0.39, 0.29) is 23.4 Å². The molecule has 43 heavy (non-hydrogen) atoms. The van der Waals surface area contributed by atoms with Crippen LogP contribution in [-0.2, 0) is 19.4 Å². The predicted octanol–water partition coefficient (Wildman–Crippen LogP) is 5.35. The summed E-state index contributed by atoms with van der Waals surface area (Å²) in [5.41, 5.74) is 2.17. The lowest BCUT2D eigenvalue weighted by molar-refractivity contribution is -0.133. The molecular formula is C31H35N5O6S. The Morgan fingerprint density at radius 2 is 1.86 bits per heavy atom. The molecule has 0 aliphatic carbocycles. The molecule has 1 fully saturated rings. The van der Waals surface area contributed by atoms with Gasteiger partial charge in [-0.15, -0.1) is 0 Å². The van der Waals surface area contributed by atoms with Gasteiger partial charge in [0.25, 0.3) is 0 Å². The first kappa shape index (κ1) is 30.0. The number of nitrogens with one attached hydrogen (secondary N) is 1. The van der Waals surface area contributed by atoms with E-state index in [9.17, 15) is 18.0 Å². The molecule has 0 spiro atoms. The summed E-state index contributed by atoms with van der Waals surface area (Å²) in [4.78, 5) is 41.7. The van der Waals surface area contributed by atoms with E-state index in [1.807, 2.05) is 30.3 Å². The number of aromatic nitrogens is 3. The van der Waals surface area contributed by atoms with Gasteiger partial charge in [0.1, 0.15) is 29.3 Å². The highest BCUT2D eigenvalue weighted by Gasteiger charge is 2.34. The summed E-state index contributed by atoms with van der Waals surface area (Å²) in [7, 11) is -1.82. The van der Waals surface area contributed by atoms with Gasteiger partial charge < -0.3 is 24.3 Å². The number of fused-ring (bicyclic) bond motifs is 1. The van der Waals surface area contributed by atoms with Crippen LogP contribution in [-0.4, -0.2) is 77.2 Å². The van der Waals surface area contributed by atoms with Crippen molar-refractivity contribution in [1.29, 1.82) is 0 Å². The van der Waals surface area contributed by atoms with Crippen molar-refractivity contribution in [2.75, 3.05) is 26.4 Å². The van der Waals surface area contributed by atoms with E-state index in [1.165, 1.54) is 17.0 Å². The fourth-order valence-electron chi connectivity index (χ4n) is 5.00. The van der Waals surface area contributed by atoms with Crippen LogP contribution in [0, 0.1) is 0 Å². The Morgan fingerprint density at radius 1 is 1.12 bits per heavy atom. The van der Waals surface area contributed by atoms with Gasteiger partial charge in [0, 0.05) is 37.7 Å². The zero-order valence-corrected chi connectivity index (χ0v) is 25.6. The fraction of sp³-hybridized carbons (Fsp3) is 0.355. The highest BCUT2D eigenvalue weighted by Crippen LogP contribution is 2.41. The molecule has 3 heterocycles. The number of likely N-dealkylation sites (N-methyl/N-ethyl adjacent to an activating group) is 1. The molecule has 0 radical (unpaired) electrons. The molecule has 2 aromatic heterocycles. The standard InChI is InChI=1S/C31H35N5O6S/c1-31(2,3)42-30(38)35(4)19-28(37)36-16-8-10-26(36)22-17-24-25(34-29(33-24)23-9-6-7-15-32-23)18-27(22)41-20-11-13-21(14-12-20)43(5,39)40/h6-7,9,11-15,17-18,26H,8,10,16,19H2,1-5H3,(H,33,34). The third kappa shape index (κ3) is 6.96. The van der Waals surface area contributed by atoms with Crippen LogP contribution in [0.1, 0.15) is 45.2 Å². The summed E-state index contributed by atoms with van der Waals surface area (Å²) in [5, 5.41) is 0. The first-order chi connectivity index (χ1) is 20.3. The van der Waals surface area contributed by atoms with Gasteiger partial charge in [0.2, 0.25) is 5.91 Å². The normalized spacial score (nSPS) is 15.5. The van der Waals surface area contributed by atoms with Crippen molar-refractivity contribution in [3.63, 3.8) is 0 Å². The number of likely N-dealkylation sites (tertiary alicyclic amines) is 1. The number of hydrogen-bond donors (Lipinski definition) is 1. The zero-order valence-electron chi connectivity index (χ0n) is 24.8. The second kappa shape index (κ2) is 11.7. The fourth-order valence-corrected chi connectivity index (χ4v) is 5.63.